The van der Waals surface area contributed by atoms with E-state index in [2.05, 4.69) is 20.4 Å². The first-order chi connectivity index (χ1) is 11.1. The van der Waals surface area contributed by atoms with Crippen LogP contribution in [0.1, 0.15) is 21.5 Å². The molecule has 1 saturated heterocycles. The molecule has 1 aliphatic heterocycles. The van der Waals surface area contributed by atoms with Gasteiger partial charge in [-0.1, -0.05) is 29.5 Å². The van der Waals surface area contributed by atoms with E-state index in [1.807, 2.05) is 32.0 Å². The number of rotatable bonds is 4. The van der Waals surface area contributed by atoms with Crippen molar-refractivity contribution in [2.24, 2.45) is 0 Å². The summed E-state index contributed by atoms with van der Waals surface area (Å²) in [5, 5.41) is 11.9. The molecule has 2 aromatic rings. The van der Waals surface area contributed by atoms with Gasteiger partial charge in [0.25, 0.3) is 5.91 Å². The number of aromatic nitrogens is 2. The number of amides is 1. The van der Waals surface area contributed by atoms with Gasteiger partial charge in [0.15, 0.2) is 0 Å². The van der Waals surface area contributed by atoms with Crippen LogP contribution in [0.4, 0.5) is 5.13 Å². The molecule has 23 heavy (non-hydrogen) atoms. The monoisotopic (exact) mass is 332 g/mol. The van der Waals surface area contributed by atoms with Crippen LogP contribution >= 0.6 is 11.3 Å². The van der Waals surface area contributed by atoms with E-state index >= 15 is 0 Å². The van der Waals surface area contributed by atoms with Crippen LogP contribution in [0.15, 0.2) is 23.7 Å². The largest absolute Gasteiger partial charge is 0.373 e. The Morgan fingerprint density at radius 3 is 2.91 bits per heavy atom. The minimum Gasteiger partial charge on any atom is -0.373 e. The number of benzene rings is 1. The first-order valence-electron chi connectivity index (χ1n) is 7.62. The summed E-state index contributed by atoms with van der Waals surface area (Å²) >= 11 is 1.52. The third kappa shape index (κ3) is 3.68. The Balaban J connectivity index is 1.59. The van der Waals surface area contributed by atoms with Crippen LogP contribution in [0.25, 0.3) is 0 Å². The van der Waals surface area contributed by atoms with Gasteiger partial charge in [-0.05, 0) is 25.0 Å². The molecule has 0 saturated carbocycles. The van der Waals surface area contributed by atoms with E-state index in [-0.39, 0.29) is 12.0 Å². The van der Waals surface area contributed by atoms with Crippen LogP contribution in [0.5, 0.6) is 0 Å². The Hall–Kier alpha value is -1.99. The highest BCUT2D eigenvalue weighted by molar-refractivity contribution is 7.13. The van der Waals surface area contributed by atoms with Gasteiger partial charge in [-0.25, -0.2) is 0 Å². The van der Waals surface area contributed by atoms with Crippen LogP contribution < -0.4 is 10.2 Å². The van der Waals surface area contributed by atoms with Crippen LogP contribution in [0.2, 0.25) is 0 Å². The molecule has 0 bridgehead atoms. The summed E-state index contributed by atoms with van der Waals surface area (Å²) in [7, 11) is 0. The van der Waals surface area contributed by atoms with Gasteiger partial charge in [0.2, 0.25) is 5.13 Å². The molecule has 1 fully saturated rings. The zero-order chi connectivity index (χ0) is 16.2. The lowest BCUT2D eigenvalue weighted by Crippen LogP contribution is -2.47. The van der Waals surface area contributed by atoms with E-state index in [0.29, 0.717) is 19.7 Å². The maximum Gasteiger partial charge on any atom is 0.251 e. The van der Waals surface area contributed by atoms with Gasteiger partial charge in [-0.3, -0.25) is 4.79 Å². The fourth-order valence-corrected chi connectivity index (χ4v) is 3.39. The van der Waals surface area contributed by atoms with E-state index in [1.165, 1.54) is 11.3 Å². The second-order valence-corrected chi connectivity index (χ2v) is 6.45. The average molecular weight is 332 g/mol. The molecule has 1 unspecified atom stereocenters. The molecule has 1 aliphatic rings. The molecule has 0 radical (unpaired) electrons. The van der Waals surface area contributed by atoms with Gasteiger partial charge in [0.05, 0.1) is 12.7 Å². The summed E-state index contributed by atoms with van der Waals surface area (Å²) in [6.45, 7) is 6.54. The summed E-state index contributed by atoms with van der Waals surface area (Å²) in [6, 6.07) is 5.87. The van der Waals surface area contributed by atoms with Crippen LogP contribution in [0.3, 0.4) is 0 Å². The zero-order valence-corrected chi connectivity index (χ0v) is 14.1. The highest BCUT2D eigenvalue weighted by Crippen LogP contribution is 2.19. The predicted molar refractivity (Wildman–Crippen MR) is 90.1 cm³/mol. The normalized spacial score (nSPS) is 18.0. The Kier molecular flexibility index (Phi) is 4.88. The fourth-order valence-electron chi connectivity index (χ4n) is 2.79. The van der Waals surface area contributed by atoms with Crippen molar-refractivity contribution in [1.82, 2.24) is 15.5 Å². The number of carbonyl (C=O) groups excluding carboxylic acids is 1. The maximum atomic E-state index is 12.4. The van der Waals surface area contributed by atoms with Gasteiger partial charge in [0, 0.05) is 25.2 Å². The number of hydrogen-bond acceptors (Lipinski definition) is 6. The van der Waals surface area contributed by atoms with Crippen molar-refractivity contribution in [1.29, 1.82) is 0 Å². The third-order valence-corrected chi connectivity index (χ3v) is 4.71. The SMILES string of the molecule is Cc1cccc(C)c1C(=O)NCC1CN(c2nncs2)CCO1. The topological polar surface area (TPSA) is 67.4 Å². The minimum atomic E-state index is -0.0442. The molecule has 1 amide bonds. The Labute approximate surface area is 139 Å². The van der Waals surface area contributed by atoms with Crippen molar-refractivity contribution in [3.8, 4) is 0 Å². The van der Waals surface area contributed by atoms with E-state index in [4.69, 9.17) is 4.74 Å². The summed E-state index contributed by atoms with van der Waals surface area (Å²) in [4.78, 5) is 14.6. The highest BCUT2D eigenvalue weighted by atomic mass is 32.1. The molecular formula is C16H20N4O2S. The van der Waals surface area contributed by atoms with Crippen molar-refractivity contribution < 1.29 is 9.53 Å². The van der Waals surface area contributed by atoms with Gasteiger partial charge in [-0.15, -0.1) is 10.2 Å². The third-order valence-electron chi connectivity index (χ3n) is 3.96. The molecule has 6 nitrogen and oxygen atoms in total. The average Bonchev–Trinajstić information content (AvgIpc) is 3.07. The number of carbonyl (C=O) groups is 1. The molecule has 1 atom stereocenters. The molecule has 122 valence electrons. The van der Waals surface area contributed by atoms with Gasteiger partial charge in [-0.2, -0.15) is 0 Å². The molecule has 2 heterocycles. The molecule has 3 rings (SSSR count). The maximum absolute atomic E-state index is 12.4. The molecular weight excluding hydrogens is 312 g/mol. The molecule has 1 aromatic carbocycles. The van der Waals surface area contributed by atoms with E-state index < -0.39 is 0 Å². The Bertz CT molecular complexity index is 654. The molecule has 0 aliphatic carbocycles. The van der Waals surface area contributed by atoms with E-state index in [9.17, 15) is 4.79 Å². The fraction of sp³-hybridized carbons (Fsp3) is 0.438. The molecule has 1 aromatic heterocycles. The van der Waals surface area contributed by atoms with Crippen molar-refractivity contribution in [2.75, 3.05) is 31.1 Å². The van der Waals surface area contributed by atoms with Crippen LogP contribution in [0, 0.1) is 13.8 Å². The summed E-state index contributed by atoms with van der Waals surface area (Å²) in [5.41, 5.74) is 4.46. The van der Waals surface area contributed by atoms with Gasteiger partial charge >= 0.3 is 0 Å². The summed E-state index contributed by atoms with van der Waals surface area (Å²) < 4.78 is 5.75. The highest BCUT2D eigenvalue weighted by Gasteiger charge is 2.23. The lowest BCUT2D eigenvalue weighted by Gasteiger charge is -2.32. The quantitative estimate of drug-likeness (QED) is 0.924. The molecule has 0 spiro atoms. The van der Waals surface area contributed by atoms with Crippen molar-refractivity contribution >= 4 is 22.4 Å². The number of morpholine rings is 1. The second-order valence-electron chi connectivity index (χ2n) is 5.64. The Morgan fingerprint density at radius 1 is 1.43 bits per heavy atom. The van der Waals surface area contributed by atoms with Crippen molar-refractivity contribution in [3.63, 3.8) is 0 Å². The van der Waals surface area contributed by atoms with Crippen LogP contribution in [-0.4, -0.2) is 48.4 Å². The number of hydrogen-bond donors (Lipinski definition) is 1. The number of aryl methyl sites for hydroxylation is 2. The molecule has 1 N–H and O–H groups in total. The smallest absolute Gasteiger partial charge is 0.251 e. The van der Waals surface area contributed by atoms with E-state index in [1.54, 1.807) is 5.51 Å². The lowest BCUT2D eigenvalue weighted by molar-refractivity contribution is 0.0396. The number of nitrogens with zero attached hydrogens (tertiary/aromatic N) is 3. The standard InChI is InChI=1S/C16H20N4O2S/c1-11-4-3-5-12(2)14(11)15(21)17-8-13-9-20(6-7-22-13)16-19-18-10-23-16/h3-5,10,13H,6-9H2,1-2H3,(H,17,21). The van der Waals surface area contributed by atoms with E-state index in [0.717, 1.165) is 28.4 Å². The summed E-state index contributed by atoms with van der Waals surface area (Å²) in [6.07, 6.45) is -0.0408. The summed E-state index contributed by atoms with van der Waals surface area (Å²) in [5.74, 6) is -0.0442. The lowest BCUT2D eigenvalue weighted by atomic mass is 10.0. The van der Waals surface area contributed by atoms with Crippen molar-refractivity contribution in [3.05, 3.63) is 40.4 Å². The van der Waals surface area contributed by atoms with Crippen molar-refractivity contribution in [2.45, 2.75) is 20.0 Å². The number of nitrogens with one attached hydrogen (secondary N) is 1. The first kappa shape index (κ1) is 15.9. The number of ether oxygens (including phenoxy) is 1. The zero-order valence-electron chi connectivity index (χ0n) is 13.3. The predicted octanol–water partition coefficient (Wildman–Crippen LogP) is 1.79. The first-order valence-corrected chi connectivity index (χ1v) is 8.50. The van der Waals surface area contributed by atoms with Gasteiger partial charge < -0.3 is 15.0 Å². The Morgan fingerprint density at radius 2 is 2.22 bits per heavy atom. The number of anilines is 1. The van der Waals surface area contributed by atoms with Gasteiger partial charge in [0.1, 0.15) is 5.51 Å². The minimum absolute atomic E-state index is 0.0408. The second kappa shape index (κ2) is 7.06. The molecule has 7 heteroatoms. The van der Waals surface area contributed by atoms with Crippen LogP contribution in [-0.2, 0) is 4.74 Å².